The third kappa shape index (κ3) is 4.27. The van der Waals surface area contributed by atoms with E-state index in [9.17, 15) is 14.4 Å². The Morgan fingerprint density at radius 1 is 1.25 bits per heavy atom. The zero-order valence-corrected chi connectivity index (χ0v) is 17.3. The first-order valence-electron chi connectivity index (χ1n) is 9.26. The molecule has 1 N–H and O–H groups in total. The molecule has 28 heavy (non-hydrogen) atoms. The Hall–Kier alpha value is -2.22. The molecule has 2 heterocycles. The zero-order valence-electron chi connectivity index (χ0n) is 16.5. The van der Waals surface area contributed by atoms with Crippen LogP contribution < -0.4 is 5.32 Å². The van der Waals surface area contributed by atoms with Crippen molar-refractivity contribution >= 4 is 29.7 Å². The van der Waals surface area contributed by atoms with Crippen LogP contribution in [0.4, 0.5) is 4.79 Å². The largest absolute Gasteiger partial charge is 0.467 e. The number of nitrogens with one attached hydrogen (secondary N) is 1. The lowest BCUT2D eigenvalue weighted by Gasteiger charge is -2.24. The lowest BCUT2D eigenvalue weighted by atomic mass is 9.94. The van der Waals surface area contributed by atoms with E-state index in [1.54, 1.807) is 37.4 Å². The molecule has 0 bridgehead atoms. The topological polar surface area (TPSA) is 84.9 Å². The van der Waals surface area contributed by atoms with E-state index in [1.165, 1.54) is 7.11 Å². The Labute approximate surface area is 169 Å². The second-order valence-electron chi connectivity index (χ2n) is 7.99. The molecular weight excluding hydrogens is 380 g/mol. The van der Waals surface area contributed by atoms with Gasteiger partial charge in [0.2, 0.25) is 5.91 Å². The molecule has 1 aromatic carbocycles. The van der Waals surface area contributed by atoms with Crippen molar-refractivity contribution in [3.63, 3.8) is 0 Å². The average Bonchev–Trinajstić information content (AvgIpc) is 3.16. The van der Waals surface area contributed by atoms with Crippen LogP contribution in [0, 0.1) is 5.92 Å². The molecule has 2 saturated heterocycles. The van der Waals surface area contributed by atoms with E-state index in [0.29, 0.717) is 12.2 Å². The van der Waals surface area contributed by atoms with E-state index >= 15 is 0 Å². The maximum atomic E-state index is 13.2. The summed E-state index contributed by atoms with van der Waals surface area (Å²) in [5.74, 6) is -0.382. The minimum Gasteiger partial charge on any atom is -0.467 e. The van der Waals surface area contributed by atoms with E-state index in [4.69, 9.17) is 9.47 Å². The fourth-order valence-corrected chi connectivity index (χ4v) is 5.26. The van der Waals surface area contributed by atoms with Crippen molar-refractivity contribution in [3.05, 3.63) is 35.9 Å². The Kier molecular flexibility index (Phi) is 5.88. The van der Waals surface area contributed by atoms with E-state index in [2.05, 4.69) is 5.32 Å². The number of fused-ring (bicyclic) bond motifs is 1. The van der Waals surface area contributed by atoms with Gasteiger partial charge in [0.05, 0.1) is 12.5 Å². The lowest BCUT2D eigenvalue weighted by molar-refractivity contribution is -0.150. The summed E-state index contributed by atoms with van der Waals surface area (Å²) in [6.07, 6.45) is -0.0283. The van der Waals surface area contributed by atoms with Gasteiger partial charge in [-0.1, -0.05) is 30.3 Å². The smallest absolute Gasteiger partial charge is 0.408 e. The van der Waals surface area contributed by atoms with Crippen molar-refractivity contribution in [2.45, 2.75) is 50.3 Å². The van der Waals surface area contributed by atoms with Gasteiger partial charge in [0.25, 0.3) is 0 Å². The highest BCUT2D eigenvalue weighted by atomic mass is 32.2. The van der Waals surface area contributed by atoms with Crippen LogP contribution in [0.15, 0.2) is 30.3 Å². The fraction of sp³-hybridized carbons (Fsp3) is 0.550. The van der Waals surface area contributed by atoms with E-state index in [1.807, 2.05) is 30.3 Å². The standard InChI is InChI=1S/C20H26N2O5S/c1-20(2,3)27-19(25)21-15-13(10-12-8-6-5-7-9-12)17-22(16(15)23)14(11-28-17)18(24)26-4/h5-9,13-15,17H,10-11H2,1-4H3,(H,21,25)/t13-,14+,15+,17+/m1/s1. The zero-order chi connectivity index (χ0) is 20.5. The molecule has 0 saturated carbocycles. The third-order valence-corrected chi connectivity index (χ3v) is 6.24. The van der Waals surface area contributed by atoms with Gasteiger partial charge in [-0.2, -0.15) is 0 Å². The summed E-state index contributed by atoms with van der Waals surface area (Å²) in [7, 11) is 1.32. The van der Waals surface area contributed by atoms with Gasteiger partial charge < -0.3 is 19.7 Å². The number of hydrogen-bond acceptors (Lipinski definition) is 6. The van der Waals surface area contributed by atoms with Crippen molar-refractivity contribution in [2.75, 3.05) is 12.9 Å². The molecule has 152 valence electrons. The van der Waals surface area contributed by atoms with Crippen LogP contribution in [0.3, 0.4) is 0 Å². The van der Waals surface area contributed by atoms with E-state index in [0.717, 1.165) is 5.56 Å². The third-order valence-electron chi connectivity index (χ3n) is 4.81. The van der Waals surface area contributed by atoms with Crippen LogP contribution in [0.25, 0.3) is 0 Å². The number of amides is 2. The molecule has 0 aromatic heterocycles. The minimum atomic E-state index is -0.750. The summed E-state index contributed by atoms with van der Waals surface area (Å²) >= 11 is 1.55. The summed E-state index contributed by atoms with van der Waals surface area (Å²) in [5, 5.41) is 2.55. The predicted molar refractivity (Wildman–Crippen MR) is 106 cm³/mol. The quantitative estimate of drug-likeness (QED) is 0.772. The molecule has 1 aromatic rings. The van der Waals surface area contributed by atoms with Crippen molar-refractivity contribution in [2.24, 2.45) is 5.92 Å². The van der Waals surface area contributed by atoms with Crippen LogP contribution in [-0.2, 0) is 25.5 Å². The number of carbonyl (C=O) groups excluding carboxylic acids is 3. The SMILES string of the molecule is COC(=O)[C@@H]1CS[C@H]2[C@H](Cc3ccccc3)[C@H](NC(=O)OC(C)(C)C)C(=O)N12. The number of thioether (sulfide) groups is 1. The molecule has 0 unspecified atom stereocenters. The number of carbonyl (C=O) groups is 3. The normalized spacial score (nSPS) is 26.7. The van der Waals surface area contributed by atoms with Crippen LogP contribution in [0.2, 0.25) is 0 Å². The Balaban J connectivity index is 1.85. The number of nitrogens with zero attached hydrogens (tertiary/aromatic N) is 1. The molecule has 8 heteroatoms. The van der Waals surface area contributed by atoms with Gasteiger partial charge in [-0.15, -0.1) is 11.8 Å². The number of hydrogen-bond donors (Lipinski definition) is 1. The van der Waals surface area contributed by atoms with Gasteiger partial charge in [-0.05, 0) is 32.8 Å². The molecule has 2 aliphatic heterocycles. The average molecular weight is 407 g/mol. The molecule has 0 aliphatic carbocycles. The van der Waals surface area contributed by atoms with Gasteiger partial charge >= 0.3 is 12.1 Å². The molecule has 0 spiro atoms. The van der Waals surface area contributed by atoms with E-state index < -0.39 is 29.7 Å². The number of ether oxygens (including phenoxy) is 2. The number of methoxy groups -OCH3 is 1. The summed E-state index contributed by atoms with van der Waals surface area (Å²) < 4.78 is 10.2. The Morgan fingerprint density at radius 2 is 1.93 bits per heavy atom. The highest BCUT2D eigenvalue weighted by Crippen LogP contribution is 2.43. The van der Waals surface area contributed by atoms with Crippen molar-refractivity contribution in [3.8, 4) is 0 Å². The number of rotatable bonds is 4. The fourth-order valence-electron chi connectivity index (χ4n) is 3.67. The van der Waals surface area contributed by atoms with E-state index in [-0.39, 0.29) is 17.2 Å². The number of benzene rings is 1. The number of alkyl carbamates (subject to hydrolysis) is 1. The monoisotopic (exact) mass is 406 g/mol. The molecule has 2 aliphatic rings. The first-order valence-corrected chi connectivity index (χ1v) is 10.3. The second kappa shape index (κ2) is 8.03. The minimum absolute atomic E-state index is 0.179. The van der Waals surface area contributed by atoms with Crippen LogP contribution in [0.1, 0.15) is 26.3 Å². The maximum Gasteiger partial charge on any atom is 0.408 e. The summed E-state index contributed by atoms with van der Waals surface area (Å²) in [4.78, 5) is 39.2. The van der Waals surface area contributed by atoms with Gasteiger partial charge in [0.1, 0.15) is 17.7 Å². The predicted octanol–water partition coefficient (Wildman–Crippen LogP) is 2.20. The second-order valence-corrected chi connectivity index (χ2v) is 9.14. The highest BCUT2D eigenvalue weighted by molar-refractivity contribution is 8.00. The van der Waals surface area contributed by atoms with Crippen LogP contribution >= 0.6 is 11.8 Å². The molecule has 3 rings (SSSR count). The summed E-state index contributed by atoms with van der Waals surface area (Å²) in [6, 6.07) is 8.43. The van der Waals surface area contributed by atoms with Crippen LogP contribution in [-0.4, -0.2) is 58.8 Å². The van der Waals surface area contributed by atoms with Gasteiger partial charge in [-0.25, -0.2) is 9.59 Å². The Morgan fingerprint density at radius 3 is 2.54 bits per heavy atom. The van der Waals surface area contributed by atoms with Crippen molar-refractivity contribution in [1.29, 1.82) is 0 Å². The molecule has 2 amide bonds. The van der Waals surface area contributed by atoms with Crippen molar-refractivity contribution in [1.82, 2.24) is 10.2 Å². The summed E-state index contributed by atoms with van der Waals surface area (Å²) in [5.41, 5.74) is 0.403. The first-order chi connectivity index (χ1) is 13.2. The Bertz CT molecular complexity index is 749. The van der Waals surface area contributed by atoms with Gasteiger partial charge in [-0.3, -0.25) is 4.79 Å². The summed E-state index contributed by atoms with van der Waals surface area (Å²) in [6.45, 7) is 5.31. The molecular formula is C20H26N2O5S. The molecule has 0 radical (unpaired) electrons. The first kappa shape index (κ1) is 20.5. The van der Waals surface area contributed by atoms with Gasteiger partial charge in [0.15, 0.2) is 0 Å². The molecule has 4 atom stereocenters. The van der Waals surface area contributed by atoms with Crippen molar-refractivity contribution < 1.29 is 23.9 Å². The molecule has 7 nitrogen and oxygen atoms in total. The highest BCUT2D eigenvalue weighted by Gasteiger charge is 2.56. The number of esters is 1. The molecule has 2 fully saturated rings. The lowest BCUT2D eigenvalue weighted by Crippen LogP contribution is -2.49. The van der Waals surface area contributed by atoms with Crippen LogP contribution in [0.5, 0.6) is 0 Å². The van der Waals surface area contributed by atoms with Gasteiger partial charge in [0, 0.05) is 11.7 Å². The maximum absolute atomic E-state index is 13.2.